The summed E-state index contributed by atoms with van der Waals surface area (Å²) in [6, 6.07) is 0.694. The number of hydrogen-bond acceptors (Lipinski definition) is 3. The van der Waals surface area contributed by atoms with Gasteiger partial charge in [-0.1, -0.05) is 0 Å². The Kier molecular flexibility index (Phi) is 2.97. The maximum Gasteiger partial charge on any atom is 0.124 e. The van der Waals surface area contributed by atoms with E-state index in [-0.39, 0.29) is 5.92 Å². The molecule has 3 rings (SSSR count). The molecule has 1 saturated carbocycles. The number of carbonyl (C=O) groups excluding carboxylic acids is 1. The Bertz CT molecular complexity index is 397. The van der Waals surface area contributed by atoms with Gasteiger partial charge in [-0.3, -0.25) is 4.90 Å². The molecule has 92 valence electrons. The molecule has 2 heterocycles. The molecule has 0 amide bonds. The molecule has 0 aromatic carbocycles. The van der Waals surface area contributed by atoms with Crippen molar-refractivity contribution in [2.24, 2.45) is 5.92 Å². The van der Waals surface area contributed by atoms with E-state index in [2.05, 4.69) is 14.5 Å². The van der Waals surface area contributed by atoms with E-state index in [1.165, 1.54) is 18.5 Å². The van der Waals surface area contributed by atoms with Crippen LogP contribution in [-0.4, -0.2) is 33.8 Å². The molecule has 1 aromatic rings. The van der Waals surface area contributed by atoms with Gasteiger partial charge in [0.05, 0.1) is 12.0 Å². The first-order valence-electron chi connectivity index (χ1n) is 6.55. The summed E-state index contributed by atoms with van der Waals surface area (Å²) in [5.74, 6) is 0.237. The molecule has 1 aliphatic carbocycles. The molecule has 4 heteroatoms. The van der Waals surface area contributed by atoms with E-state index < -0.39 is 0 Å². The third-order valence-corrected chi connectivity index (χ3v) is 3.81. The SMILES string of the molecule is O=CC1CCCN(Cc2cncn2C2CC2)C1. The molecule has 1 atom stereocenters. The largest absolute Gasteiger partial charge is 0.330 e. The number of carbonyl (C=O) groups is 1. The van der Waals surface area contributed by atoms with Gasteiger partial charge in [0.15, 0.2) is 0 Å². The van der Waals surface area contributed by atoms with Crippen LogP contribution in [0.5, 0.6) is 0 Å². The van der Waals surface area contributed by atoms with E-state index in [1.807, 2.05) is 12.5 Å². The summed E-state index contributed by atoms with van der Waals surface area (Å²) >= 11 is 0. The molecule has 1 unspecified atom stereocenters. The van der Waals surface area contributed by atoms with Crippen LogP contribution in [0.1, 0.15) is 37.4 Å². The van der Waals surface area contributed by atoms with Crippen LogP contribution >= 0.6 is 0 Å². The van der Waals surface area contributed by atoms with Gasteiger partial charge in [0, 0.05) is 31.2 Å². The maximum absolute atomic E-state index is 10.8. The lowest BCUT2D eigenvalue weighted by Crippen LogP contribution is -2.35. The van der Waals surface area contributed by atoms with Crippen molar-refractivity contribution in [1.82, 2.24) is 14.5 Å². The van der Waals surface area contributed by atoms with Crippen LogP contribution in [-0.2, 0) is 11.3 Å². The van der Waals surface area contributed by atoms with Gasteiger partial charge in [0.1, 0.15) is 6.29 Å². The Labute approximate surface area is 102 Å². The lowest BCUT2D eigenvalue weighted by atomic mass is 10.00. The maximum atomic E-state index is 10.8. The molecule has 17 heavy (non-hydrogen) atoms. The minimum atomic E-state index is 0.237. The molecule has 0 N–H and O–H groups in total. The van der Waals surface area contributed by atoms with Gasteiger partial charge >= 0.3 is 0 Å². The van der Waals surface area contributed by atoms with Gasteiger partial charge in [-0.15, -0.1) is 0 Å². The van der Waals surface area contributed by atoms with Crippen molar-refractivity contribution in [3.63, 3.8) is 0 Å². The summed E-state index contributed by atoms with van der Waals surface area (Å²) < 4.78 is 2.31. The van der Waals surface area contributed by atoms with Crippen molar-refractivity contribution in [3.8, 4) is 0 Å². The zero-order valence-corrected chi connectivity index (χ0v) is 10.1. The summed E-state index contributed by atoms with van der Waals surface area (Å²) in [5, 5.41) is 0. The van der Waals surface area contributed by atoms with E-state index in [0.717, 1.165) is 38.8 Å². The summed E-state index contributed by atoms with van der Waals surface area (Å²) in [6.45, 7) is 2.97. The number of rotatable bonds is 4. The highest BCUT2D eigenvalue weighted by Gasteiger charge is 2.26. The monoisotopic (exact) mass is 233 g/mol. The van der Waals surface area contributed by atoms with Crippen LogP contribution in [0.4, 0.5) is 0 Å². The summed E-state index contributed by atoms with van der Waals surface area (Å²) in [7, 11) is 0. The van der Waals surface area contributed by atoms with Crippen molar-refractivity contribution in [1.29, 1.82) is 0 Å². The van der Waals surface area contributed by atoms with E-state index in [9.17, 15) is 4.79 Å². The lowest BCUT2D eigenvalue weighted by Gasteiger charge is -2.30. The second-order valence-electron chi connectivity index (χ2n) is 5.30. The third kappa shape index (κ3) is 2.41. The molecule has 0 bridgehead atoms. The number of nitrogens with zero attached hydrogens (tertiary/aromatic N) is 3. The van der Waals surface area contributed by atoms with Crippen LogP contribution < -0.4 is 0 Å². The van der Waals surface area contributed by atoms with Crippen molar-refractivity contribution < 1.29 is 4.79 Å². The highest BCUT2D eigenvalue weighted by molar-refractivity contribution is 5.53. The highest BCUT2D eigenvalue weighted by Crippen LogP contribution is 2.36. The number of piperidine rings is 1. The number of imidazole rings is 1. The Morgan fingerprint density at radius 2 is 2.29 bits per heavy atom. The van der Waals surface area contributed by atoms with E-state index in [0.29, 0.717) is 6.04 Å². The van der Waals surface area contributed by atoms with Gasteiger partial charge in [-0.2, -0.15) is 0 Å². The first-order chi connectivity index (χ1) is 8.36. The van der Waals surface area contributed by atoms with Crippen molar-refractivity contribution >= 4 is 6.29 Å². The zero-order chi connectivity index (χ0) is 11.7. The molecular weight excluding hydrogens is 214 g/mol. The fourth-order valence-corrected chi connectivity index (χ4v) is 2.71. The smallest absolute Gasteiger partial charge is 0.124 e. The van der Waals surface area contributed by atoms with Crippen molar-refractivity contribution in [2.75, 3.05) is 13.1 Å². The van der Waals surface area contributed by atoms with Crippen LogP contribution in [0.25, 0.3) is 0 Å². The van der Waals surface area contributed by atoms with Crippen LogP contribution in [0.3, 0.4) is 0 Å². The third-order valence-electron chi connectivity index (χ3n) is 3.81. The molecular formula is C13H19N3O. The van der Waals surface area contributed by atoms with Crippen LogP contribution in [0.2, 0.25) is 0 Å². The molecule has 2 fully saturated rings. The number of hydrogen-bond donors (Lipinski definition) is 0. The molecule has 0 radical (unpaired) electrons. The molecule has 1 saturated heterocycles. The predicted molar refractivity (Wildman–Crippen MR) is 64.6 cm³/mol. The van der Waals surface area contributed by atoms with Crippen molar-refractivity contribution in [3.05, 3.63) is 18.2 Å². The second kappa shape index (κ2) is 4.61. The lowest BCUT2D eigenvalue weighted by molar-refractivity contribution is -0.112. The van der Waals surface area contributed by atoms with Gasteiger partial charge < -0.3 is 9.36 Å². The Balaban J connectivity index is 1.65. The fourth-order valence-electron chi connectivity index (χ4n) is 2.71. The molecule has 4 nitrogen and oxygen atoms in total. The number of aromatic nitrogens is 2. The minimum absolute atomic E-state index is 0.237. The summed E-state index contributed by atoms with van der Waals surface area (Å²) in [6.07, 6.45) is 9.82. The van der Waals surface area contributed by atoms with Gasteiger partial charge in [-0.05, 0) is 32.2 Å². The van der Waals surface area contributed by atoms with Crippen LogP contribution in [0.15, 0.2) is 12.5 Å². The summed E-state index contributed by atoms with van der Waals surface area (Å²) in [4.78, 5) is 17.5. The van der Waals surface area contributed by atoms with Gasteiger partial charge in [0.2, 0.25) is 0 Å². The van der Waals surface area contributed by atoms with E-state index in [4.69, 9.17) is 0 Å². The normalized spacial score (nSPS) is 26.0. The Morgan fingerprint density at radius 1 is 1.41 bits per heavy atom. The molecule has 1 aromatic heterocycles. The zero-order valence-electron chi connectivity index (χ0n) is 10.1. The van der Waals surface area contributed by atoms with Gasteiger partial charge in [-0.25, -0.2) is 4.98 Å². The van der Waals surface area contributed by atoms with Gasteiger partial charge in [0.25, 0.3) is 0 Å². The van der Waals surface area contributed by atoms with E-state index >= 15 is 0 Å². The number of likely N-dealkylation sites (tertiary alicyclic amines) is 1. The average molecular weight is 233 g/mol. The predicted octanol–water partition coefficient (Wildman–Crippen LogP) is 1.63. The Hall–Kier alpha value is -1.16. The number of aldehydes is 1. The first-order valence-corrected chi connectivity index (χ1v) is 6.55. The molecule has 0 spiro atoms. The molecule has 1 aliphatic heterocycles. The fraction of sp³-hybridized carbons (Fsp3) is 0.692. The minimum Gasteiger partial charge on any atom is -0.330 e. The molecule has 2 aliphatic rings. The average Bonchev–Trinajstić information content (AvgIpc) is 3.11. The van der Waals surface area contributed by atoms with Crippen LogP contribution in [0, 0.1) is 5.92 Å². The highest BCUT2D eigenvalue weighted by atomic mass is 16.1. The quantitative estimate of drug-likeness (QED) is 0.742. The Morgan fingerprint density at radius 3 is 3.06 bits per heavy atom. The topological polar surface area (TPSA) is 38.1 Å². The van der Waals surface area contributed by atoms with Crippen molar-refractivity contribution in [2.45, 2.75) is 38.3 Å². The summed E-state index contributed by atoms with van der Waals surface area (Å²) in [5.41, 5.74) is 1.30. The first kappa shape index (κ1) is 11.0. The van der Waals surface area contributed by atoms with E-state index in [1.54, 1.807) is 0 Å². The standard InChI is InChI=1S/C13H19N3O/c17-9-11-2-1-5-15(7-11)8-13-6-14-10-16(13)12-3-4-12/h6,9-12H,1-5,7-8H2. The second-order valence-corrected chi connectivity index (χ2v) is 5.30.